The first-order valence-electron chi connectivity index (χ1n) is 8.28. The number of amides is 2. The Hall–Kier alpha value is -2.47. The molecule has 1 aromatic carbocycles. The number of imide groups is 1. The molecule has 1 atom stereocenters. The van der Waals surface area contributed by atoms with Gasteiger partial charge < -0.3 is 0 Å². The molecular formula is C18H20N4O2. The van der Waals surface area contributed by atoms with Crippen molar-refractivity contribution in [2.75, 3.05) is 4.90 Å². The van der Waals surface area contributed by atoms with Crippen LogP contribution in [0.2, 0.25) is 0 Å². The van der Waals surface area contributed by atoms with Crippen molar-refractivity contribution in [3.05, 3.63) is 48.3 Å². The number of aryl methyl sites for hydroxylation is 1. The zero-order valence-corrected chi connectivity index (χ0v) is 13.6. The highest BCUT2D eigenvalue weighted by molar-refractivity contribution is 6.22. The van der Waals surface area contributed by atoms with Gasteiger partial charge in [0.25, 0.3) is 5.91 Å². The Labute approximate surface area is 140 Å². The number of benzene rings is 1. The average molecular weight is 324 g/mol. The second-order valence-electron chi connectivity index (χ2n) is 6.55. The number of nitrogens with zero attached hydrogens (tertiary/aromatic N) is 4. The van der Waals surface area contributed by atoms with E-state index in [4.69, 9.17) is 0 Å². The molecule has 1 saturated heterocycles. The van der Waals surface area contributed by atoms with Crippen LogP contribution in [-0.2, 0) is 23.2 Å². The van der Waals surface area contributed by atoms with Gasteiger partial charge in [0.1, 0.15) is 0 Å². The smallest absolute Gasteiger partial charge is 0.251 e. The van der Waals surface area contributed by atoms with Crippen LogP contribution in [0.4, 0.5) is 5.69 Å². The van der Waals surface area contributed by atoms with Gasteiger partial charge in [-0.3, -0.25) is 19.2 Å². The summed E-state index contributed by atoms with van der Waals surface area (Å²) in [7, 11) is 1.78. The van der Waals surface area contributed by atoms with Gasteiger partial charge >= 0.3 is 0 Å². The number of rotatable bonds is 5. The third-order valence-corrected chi connectivity index (χ3v) is 4.70. The normalized spacial score (nSPS) is 21.1. The molecule has 0 N–H and O–H groups in total. The van der Waals surface area contributed by atoms with Crippen molar-refractivity contribution in [3.8, 4) is 0 Å². The van der Waals surface area contributed by atoms with Crippen molar-refractivity contribution in [1.82, 2.24) is 14.7 Å². The Morgan fingerprint density at radius 2 is 1.96 bits per heavy atom. The Morgan fingerprint density at radius 3 is 2.58 bits per heavy atom. The summed E-state index contributed by atoms with van der Waals surface area (Å²) >= 11 is 0. The van der Waals surface area contributed by atoms with Crippen molar-refractivity contribution in [1.29, 1.82) is 0 Å². The molecule has 6 heteroatoms. The van der Waals surface area contributed by atoms with Gasteiger partial charge in [0.15, 0.2) is 0 Å². The average Bonchev–Trinajstić information content (AvgIpc) is 3.27. The van der Waals surface area contributed by atoms with Crippen LogP contribution in [0.25, 0.3) is 0 Å². The lowest BCUT2D eigenvalue weighted by Crippen LogP contribution is -2.43. The highest BCUT2D eigenvalue weighted by Gasteiger charge is 2.46. The van der Waals surface area contributed by atoms with E-state index in [0.29, 0.717) is 18.3 Å². The van der Waals surface area contributed by atoms with Crippen molar-refractivity contribution >= 4 is 17.5 Å². The molecule has 2 aliphatic rings. The minimum atomic E-state index is -0.370. The summed E-state index contributed by atoms with van der Waals surface area (Å²) in [6.07, 6.45) is 5.71. The minimum Gasteiger partial charge on any atom is -0.284 e. The number of aromatic nitrogens is 2. The van der Waals surface area contributed by atoms with Crippen LogP contribution in [0.3, 0.4) is 0 Å². The van der Waals surface area contributed by atoms with E-state index in [2.05, 4.69) is 22.1 Å². The van der Waals surface area contributed by atoms with Gasteiger partial charge in [-0.15, -0.1) is 0 Å². The highest BCUT2D eigenvalue weighted by atomic mass is 16.2. The van der Waals surface area contributed by atoms with Gasteiger partial charge in [0, 0.05) is 25.8 Å². The van der Waals surface area contributed by atoms with Crippen LogP contribution in [0.1, 0.15) is 24.8 Å². The number of carbonyl (C=O) groups excluding carboxylic acids is 2. The lowest BCUT2D eigenvalue weighted by molar-refractivity contribution is -0.123. The summed E-state index contributed by atoms with van der Waals surface area (Å²) < 4.78 is 1.60. The standard InChI is InChI=1S/C18H20N4O2/c1-20-12-15(10-19-20)22-17(23)9-16(18(22)24)21(14-7-8-14)11-13-5-3-2-4-6-13/h2-6,10,12,14,16H,7-9,11H2,1H3/t16-/m1/s1. The Bertz CT molecular complexity index is 766. The summed E-state index contributed by atoms with van der Waals surface area (Å²) in [5.41, 5.74) is 1.73. The van der Waals surface area contributed by atoms with E-state index in [1.807, 2.05) is 18.2 Å². The van der Waals surface area contributed by atoms with Gasteiger partial charge in [0.2, 0.25) is 5.91 Å². The summed E-state index contributed by atoms with van der Waals surface area (Å²) in [6, 6.07) is 10.2. The molecule has 1 saturated carbocycles. The van der Waals surface area contributed by atoms with E-state index in [-0.39, 0.29) is 24.3 Å². The maximum Gasteiger partial charge on any atom is 0.251 e. The number of anilines is 1. The monoisotopic (exact) mass is 324 g/mol. The van der Waals surface area contributed by atoms with E-state index in [1.165, 1.54) is 10.5 Å². The van der Waals surface area contributed by atoms with Gasteiger partial charge in [-0.05, 0) is 18.4 Å². The van der Waals surface area contributed by atoms with Crippen molar-refractivity contribution in [3.63, 3.8) is 0 Å². The Balaban J connectivity index is 1.58. The minimum absolute atomic E-state index is 0.129. The Kier molecular flexibility index (Phi) is 3.69. The van der Waals surface area contributed by atoms with Crippen molar-refractivity contribution in [2.24, 2.45) is 7.05 Å². The first-order chi connectivity index (χ1) is 11.6. The molecule has 1 aromatic heterocycles. The number of carbonyl (C=O) groups is 2. The molecule has 0 radical (unpaired) electrons. The first kappa shape index (κ1) is 15.1. The molecule has 4 rings (SSSR count). The molecule has 2 amide bonds. The summed E-state index contributed by atoms with van der Waals surface area (Å²) in [6.45, 7) is 0.704. The zero-order chi connectivity index (χ0) is 16.7. The zero-order valence-electron chi connectivity index (χ0n) is 13.6. The number of hydrogen-bond acceptors (Lipinski definition) is 4. The SMILES string of the molecule is Cn1cc(N2C(=O)C[C@@H](N(Cc3ccccc3)C3CC3)C2=O)cn1. The van der Waals surface area contributed by atoms with Crippen LogP contribution in [0, 0.1) is 0 Å². The van der Waals surface area contributed by atoms with E-state index in [0.717, 1.165) is 12.8 Å². The predicted octanol–water partition coefficient (Wildman–Crippen LogP) is 1.72. The van der Waals surface area contributed by atoms with Crippen LogP contribution in [0.15, 0.2) is 42.7 Å². The van der Waals surface area contributed by atoms with Crippen molar-refractivity contribution in [2.45, 2.75) is 37.9 Å². The van der Waals surface area contributed by atoms with Gasteiger partial charge in [-0.25, -0.2) is 4.90 Å². The van der Waals surface area contributed by atoms with E-state index >= 15 is 0 Å². The maximum absolute atomic E-state index is 12.9. The third kappa shape index (κ3) is 2.73. The quantitative estimate of drug-likeness (QED) is 0.786. The summed E-state index contributed by atoms with van der Waals surface area (Å²) in [4.78, 5) is 28.9. The molecule has 2 heterocycles. The van der Waals surface area contributed by atoms with Crippen LogP contribution in [0.5, 0.6) is 0 Å². The van der Waals surface area contributed by atoms with Crippen molar-refractivity contribution < 1.29 is 9.59 Å². The van der Waals surface area contributed by atoms with E-state index < -0.39 is 0 Å². The molecule has 2 fully saturated rings. The Morgan fingerprint density at radius 1 is 1.21 bits per heavy atom. The van der Waals surface area contributed by atoms with Crippen LogP contribution < -0.4 is 4.90 Å². The molecule has 124 valence electrons. The topological polar surface area (TPSA) is 58.4 Å². The fourth-order valence-electron chi connectivity index (χ4n) is 3.36. The summed E-state index contributed by atoms with van der Waals surface area (Å²) in [5.74, 6) is -0.271. The predicted molar refractivity (Wildman–Crippen MR) is 89.1 cm³/mol. The maximum atomic E-state index is 12.9. The second kappa shape index (κ2) is 5.87. The molecule has 24 heavy (non-hydrogen) atoms. The molecule has 2 aromatic rings. The van der Waals surface area contributed by atoms with E-state index in [1.54, 1.807) is 24.1 Å². The lowest BCUT2D eigenvalue weighted by atomic mass is 10.1. The van der Waals surface area contributed by atoms with Crippen LogP contribution in [-0.4, -0.2) is 38.6 Å². The third-order valence-electron chi connectivity index (χ3n) is 4.70. The largest absolute Gasteiger partial charge is 0.284 e. The summed E-state index contributed by atoms with van der Waals surface area (Å²) in [5, 5.41) is 4.07. The highest BCUT2D eigenvalue weighted by Crippen LogP contribution is 2.35. The molecule has 0 spiro atoms. The molecule has 6 nitrogen and oxygen atoms in total. The number of hydrogen-bond donors (Lipinski definition) is 0. The molecule has 1 aliphatic carbocycles. The molecular weight excluding hydrogens is 304 g/mol. The first-order valence-corrected chi connectivity index (χ1v) is 8.28. The molecule has 1 aliphatic heterocycles. The van der Waals surface area contributed by atoms with Gasteiger partial charge in [-0.2, -0.15) is 5.10 Å². The van der Waals surface area contributed by atoms with Gasteiger partial charge in [-0.1, -0.05) is 30.3 Å². The van der Waals surface area contributed by atoms with E-state index in [9.17, 15) is 9.59 Å². The molecule has 0 bridgehead atoms. The molecule has 0 unspecified atom stereocenters. The second-order valence-corrected chi connectivity index (χ2v) is 6.55. The fourth-order valence-corrected chi connectivity index (χ4v) is 3.36. The lowest BCUT2D eigenvalue weighted by Gasteiger charge is -2.27. The van der Waals surface area contributed by atoms with Crippen LogP contribution >= 0.6 is 0 Å². The van der Waals surface area contributed by atoms with Gasteiger partial charge in [0.05, 0.1) is 24.3 Å². The fraction of sp³-hybridized carbons (Fsp3) is 0.389.